The van der Waals surface area contributed by atoms with Gasteiger partial charge in [0.15, 0.2) is 0 Å². The molecule has 35 heavy (non-hydrogen) atoms. The molecule has 0 N–H and O–H groups in total. The lowest BCUT2D eigenvalue weighted by Crippen LogP contribution is -2.29. The van der Waals surface area contributed by atoms with Crippen LogP contribution in [-0.4, -0.2) is 45.8 Å². The predicted molar refractivity (Wildman–Crippen MR) is 135 cm³/mol. The summed E-state index contributed by atoms with van der Waals surface area (Å²) in [6.45, 7) is 1.81. The molecule has 2 heterocycles. The van der Waals surface area contributed by atoms with Gasteiger partial charge in [-0.05, 0) is 86.9 Å². The number of likely N-dealkylation sites (tertiary alicyclic amines) is 1. The first kappa shape index (κ1) is 23.6. The molecule has 1 aliphatic rings. The Hall–Kier alpha value is -3.14. The van der Waals surface area contributed by atoms with E-state index in [0.29, 0.717) is 10.9 Å². The standard InChI is InChI=1S/C26H26N2O5S2/c1-27-16-14-20(15-17-27)25-19-28(34(29,30)22-8-4-2-5-9-22)26-13-12-21(18-24(25)26)33-35(31,32)23-10-6-3-7-11-23/h2-13,18-20H,14-17H2,1H3. The zero-order chi connectivity index (χ0) is 24.6. The van der Waals surface area contributed by atoms with Crippen molar-refractivity contribution in [2.45, 2.75) is 28.6 Å². The van der Waals surface area contributed by atoms with Crippen LogP contribution in [0.5, 0.6) is 5.75 Å². The van der Waals surface area contributed by atoms with Gasteiger partial charge in [0.1, 0.15) is 10.6 Å². The van der Waals surface area contributed by atoms with Crippen molar-refractivity contribution in [2.24, 2.45) is 0 Å². The molecule has 3 aromatic carbocycles. The summed E-state index contributed by atoms with van der Waals surface area (Å²) in [6, 6.07) is 21.0. The van der Waals surface area contributed by atoms with E-state index in [4.69, 9.17) is 4.18 Å². The van der Waals surface area contributed by atoms with Crippen molar-refractivity contribution in [3.63, 3.8) is 0 Å². The maximum Gasteiger partial charge on any atom is 0.339 e. The number of nitrogens with zero attached hydrogens (tertiary/aromatic N) is 2. The van der Waals surface area contributed by atoms with Gasteiger partial charge in [0.05, 0.1) is 10.4 Å². The van der Waals surface area contributed by atoms with Crippen LogP contribution in [0.4, 0.5) is 0 Å². The monoisotopic (exact) mass is 510 g/mol. The van der Waals surface area contributed by atoms with Gasteiger partial charge in [0, 0.05) is 11.6 Å². The normalized spacial score (nSPS) is 15.9. The smallest absolute Gasteiger partial charge is 0.339 e. The van der Waals surface area contributed by atoms with Gasteiger partial charge in [-0.3, -0.25) is 0 Å². The lowest BCUT2D eigenvalue weighted by molar-refractivity contribution is 0.256. The van der Waals surface area contributed by atoms with E-state index < -0.39 is 20.1 Å². The van der Waals surface area contributed by atoms with Crippen LogP contribution in [0.2, 0.25) is 0 Å². The van der Waals surface area contributed by atoms with E-state index in [0.717, 1.165) is 31.5 Å². The first-order valence-corrected chi connectivity index (χ1v) is 14.2. The van der Waals surface area contributed by atoms with Crippen molar-refractivity contribution in [1.29, 1.82) is 0 Å². The highest BCUT2D eigenvalue weighted by Crippen LogP contribution is 2.37. The van der Waals surface area contributed by atoms with Crippen LogP contribution < -0.4 is 4.18 Å². The summed E-state index contributed by atoms with van der Waals surface area (Å²) in [4.78, 5) is 2.50. The first-order chi connectivity index (χ1) is 16.8. The topological polar surface area (TPSA) is 85.7 Å². The maximum absolute atomic E-state index is 13.5. The minimum Gasteiger partial charge on any atom is -0.379 e. The van der Waals surface area contributed by atoms with Crippen molar-refractivity contribution >= 4 is 31.0 Å². The molecule has 0 bridgehead atoms. The van der Waals surface area contributed by atoms with E-state index in [1.807, 2.05) is 0 Å². The summed E-state index contributed by atoms with van der Waals surface area (Å²) in [5, 5.41) is 0.680. The molecule has 5 rings (SSSR count). The summed E-state index contributed by atoms with van der Waals surface area (Å²) in [7, 11) is -5.79. The highest BCUT2D eigenvalue weighted by molar-refractivity contribution is 7.90. The SMILES string of the molecule is CN1CCC(c2cn(S(=O)(=O)c3ccccc3)c3ccc(OS(=O)(=O)c4ccccc4)cc23)CC1. The largest absolute Gasteiger partial charge is 0.379 e. The number of piperidine rings is 1. The van der Waals surface area contributed by atoms with Crippen LogP contribution in [0, 0.1) is 0 Å². The molecule has 4 aromatic rings. The van der Waals surface area contributed by atoms with E-state index >= 15 is 0 Å². The van der Waals surface area contributed by atoms with Crippen LogP contribution in [-0.2, 0) is 20.1 Å². The van der Waals surface area contributed by atoms with Gasteiger partial charge in [-0.25, -0.2) is 12.4 Å². The summed E-state index contributed by atoms with van der Waals surface area (Å²) in [5.74, 6) is 0.298. The third-order valence-corrected chi connectivity index (χ3v) is 9.42. The van der Waals surface area contributed by atoms with Gasteiger partial charge in [-0.1, -0.05) is 36.4 Å². The summed E-state index contributed by atoms with van der Waals surface area (Å²) < 4.78 is 59.4. The Morgan fingerprint density at radius 3 is 2.03 bits per heavy atom. The highest BCUT2D eigenvalue weighted by Gasteiger charge is 2.27. The average molecular weight is 511 g/mol. The van der Waals surface area contributed by atoms with E-state index in [9.17, 15) is 16.8 Å². The molecule has 0 amide bonds. The quantitative estimate of drug-likeness (QED) is 0.356. The Balaban J connectivity index is 1.62. The summed E-state index contributed by atoms with van der Waals surface area (Å²) in [6.07, 6.45) is 3.46. The molecule has 0 spiro atoms. The second-order valence-electron chi connectivity index (χ2n) is 8.81. The number of aromatic nitrogens is 1. The maximum atomic E-state index is 13.5. The van der Waals surface area contributed by atoms with E-state index in [1.54, 1.807) is 66.9 Å². The molecule has 1 aliphatic heterocycles. The van der Waals surface area contributed by atoms with Crippen molar-refractivity contribution in [3.8, 4) is 5.75 Å². The van der Waals surface area contributed by atoms with E-state index in [-0.39, 0.29) is 21.5 Å². The lowest BCUT2D eigenvalue weighted by atomic mass is 9.89. The highest BCUT2D eigenvalue weighted by atomic mass is 32.2. The fourth-order valence-corrected chi connectivity index (χ4v) is 6.91. The molecular formula is C26H26N2O5S2. The van der Waals surface area contributed by atoms with Gasteiger partial charge in [-0.15, -0.1) is 0 Å². The zero-order valence-electron chi connectivity index (χ0n) is 19.2. The minimum absolute atomic E-state index is 0.0554. The average Bonchev–Trinajstić information content (AvgIpc) is 3.25. The van der Waals surface area contributed by atoms with Crippen LogP contribution in [0.3, 0.4) is 0 Å². The van der Waals surface area contributed by atoms with Crippen LogP contribution in [0.15, 0.2) is 94.9 Å². The molecule has 9 heteroatoms. The number of fused-ring (bicyclic) bond motifs is 1. The Kier molecular flexibility index (Phi) is 6.16. The molecular weight excluding hydrogens is 484 g/mol. The van der Waals surface area contributed by atoms with E-state index in [1.165, 1.54) is 22.2 Å². The molecule has 182 valence electrons. The lowest BCUT2D eigenvalue weighted by Gasteiger charge is -2.28. The molecule has 0 radical (unpaired) electrons. The van der Waals surface area contributed by atoms with Crippen molar-refractivity contribution < 1.29 is 21.0 Å². The second-order valence-corrected chi connectivity index (χ2v) is 12.2. The molecule has 7 nitrogen and oxygen atoms in total. The molecule has 1 fully saturated rings. The van der Waals surface area contributed by atoms with Gasteiger partial charge < -0.3 is 9.08 Å². The molecule has 1 aromatic heterocycles. The Morgan fingerprint density at radius 2 is 1.40 bits per heavy atom. The predicted octanol–water partition coefficient (Wildman–Crippen LogP) is 4.46. The summed E-state index contributed by atoms with van der Waals surface area (Å²) in [5.41, 5.74) is 1.38. The van der Waals surface area contributed by atoms with Crippen LogP contribution in [0.25, 0.3) is 10.9 Å². The van der Waals surface area contributed by atoms with Gasteiger partial charge in [-0.2, -0.15) is 8.42 Å². The molecule has 0 atom stereocenters. The van der Waals surface area contributed by atoms with Gasteiger partial charge in [0.2, 0.25) is 0 Å². The number of hydrogen-bond donors (Lipinski definition) is 0. The molecule has 1 saturated heterocycles. The molecule has 0 saturated carbocycles. The summed E-state index contributed by atoms with van der Waals surface area (Å²) >= 11 is 0. The number of benzene rings is 3. The molecule has 0 aliphatic carbocycles. The second kappa shape index (κ2) is 9.14. The van der Waals surface area contributed by atoms with Crippen molar-refractivity contribution in [2.75, 3.05) is 20.1 Å². The Labute approximate surface area is 205 Å². The van der Waals surface area contributed by atoms with Gasteiger partial charge >= 0.3 is 10.1 Å². The third kappa shape index (κ3) is 4.59. The van der Waals surface area contributed by atoms with E-state index in [2.05, 4.69) is 11.9 Å². The fourth-order valence-electron chi connectivity index (χ4n) is 4.57. The zero-order valence-corrected chi connectivity index (χ0v) is 20.9. The van der Waals surface area contributed by atoms with Gasteiger partial charge in [0.25, 0.3) is 10.0 Å². The Morgan fingerprint density at radius 1 is 0.800 bits per heavy atom. The minimum atomic E-state index is -4.02. The van der Waals surface area contributed by atoms with Crippen molar-refractivity contribution in [1.82, 2.24) is 8.87 Å². The van der Waals surface area contributed by atoms with Crippen LogP contribution >= 0.6 is 0 Å². The molecule has 0 unspecified atom stereocenters. The number of hydrogen-bond acceptors (Lipinski definition) is 6. The first-order valence-electron chi connectivity index (χ1n) is 11.4. The fraction of sp³-hybridized carbons (Fsp3) is 0.231. The Bertz CT molecular complexity index is 1560. The van der Waals surface area contributed by atoms with Crippen molar-refractivity contribution in [3.05, 3.63) is 90.6 Å². The number of rotatable bonds is 6. The third-order valence-electron chi connectivity index (χ3n) is 6.47. The van der Waals surface area contributed by atoms with Crippen LogP contribution in [0.1, 0.15) is 24.3 Å².